The second-order valence-corrected chi connectivity index (χ2v) is 20.0. The summed E-state index contributed by atoms with van der Waals surface area (Å²) in [6.45, 7) is 4.30. The van der Waals surface area contributed by atoms with E-state index in [-0.39, 0.29) is 33.0 Å². The highest BCUT2D eigenvalue weighted by Crippen LogP contribution is 2.46. The number of ether oxygens (including phenoxy) is 2. The molecule has 9 nitrogen and oxygen atoms in total. The Morgan fingerprint density at radius 3 is 1.39 bits per heavy atom. The molecular weight excluding hydrogens is 737 g/mol. The lowest BCUT2D eigenvalue weighted by Crippen LogP contribution is -2.37. The monoisotopic (exact) mass is 830 g/mol. The molecule has 10 heteroatoms. The Balaban J connectivity index is 0.0000162. The van der Waals surface area contributed by atoms with Crippen molar-refractivity contribution < 1.29 is 42.1 Å². The third-order valence-corrected chi connectivity index (χ3v) is 13.0. The smallest absolute Gasteiger partial charge is 0.306 e. The third kappa shape index (κ3) is 31.5. The molecule has 0 amide bonds. The molecule has 2 saturated carbocycles. The van der Waals surface area contributed by atoms with E-state index in [1.807, 2.05) is 21.1 Å². The summed E-state index contributed by atoms with van der Waals surface area (Å²) in [5.41, 5.74) is 0. The Bertz CT molecular complexity index is 1050. The van der Waals surface area contributed by atoms with E-state index in [1.54, 1.807) is 0 Å². The zero-order chi connectivity index (χ0) is 40.9. The number of nitrogens with zero attached hydrogens (tertiary/aromatic N) is 1. The molecule has 338 valence electrons. The number of esters is 2. The molecule has 0 aromatic heterocycles. The highest BCUT2D eigenvalue weighted by atomic mass is 31.2. The second kappa shape index (κ2) is 32.7. The molecule has 0 heterocycles. The molecule has 2 aliphatic rings. The van der Waals surface area contributed by atoms with Crippen LogP contribution in [0, 0.1) is 23.7 Å². The fourth-order valence-electron chi connectivity index (χ4n) is 8.08. The van der Waals surface area contributed by atoms with Crippen LogP contribution in [0.25, 0.3) is 0 Å². The van der Waals surface area contributed by atoms with Crippen LogP contribution in [-0.4, -0.2) is 70.0 Å². The van der Waals surface area contributed by atoms with Crippen LogP contribution in [0.3, 0.4) is 0 Å². The van der Waals surface area contributed by atoms with Crippen LogP contribution < -0.4 is 4.89 Å². The standard InChI is InChI=1S/C46H88NO8P.CH4/c1-6-8-10-12-16-22-28-40-36-42(40)30-24-18-14-20-26-32-45(48)52-38-44(39-54-56(50,51)53-35-34-47(3,4)5)55-46(49)33-27-21-15-19-25-31-43-37-41(43)29-23-17-13-11-9-7-2;/h40-44H,6-39H2,1-5H3;1H4. The minimum atomic E-state index is -4.62. The summed E-state index contributed by atoms with van der Waals surface area (Å²) in [5.74, 6) is 3.03. The van der Waals surface area contributed by atoms with Crippen LogP contribution in [-0.2, 0) is 32.7 Å². The molecule has 0 aromatic carbocycles. The molecule has 2 rings (SSSR count). The fraction of sp³-hybridized carbons (Fsp3) is 0.957. The summed E-state index contributed by atoms with van der Waals surface area (Å²) < 4.78 is 34.1. The van der Waals surface area contributed by atoms with Crippen molar-refractivity contribution in [2.45, 2.75) is 220 Å². The largest absolute Gasteiger partial charge is 0.756 e. The number of phosphoric acid groups is 1. The normalized spacial score (nSPS) is 20.4. The van der Waals surface area contributed by atoms with Gasteiger partial charge in [0.05, 0.1) is 27.7 Å². The van der Waals surface area contributed by atoms with Gasteiger partial charge in [-0.15, -0.1) is 0 Å². The highest BCUT2D eigenvalue weighted by molar-refractivity contribution is 7.45. The van der Waals surface area contributed by atoms with Crippen molar-refractivity contribution in [3.63, 3.8) is 0 Å². The number of likely N-dealkylation sites (N-methyl/N-ethyl adjacent to an activating group) is 1. The zero-order valence-electron chi connectivity index (χ0n) is 37.1. The van der Waals surface area contributed by atoms with Crippen molar-refractivity contribution in [1.82, 2.24) is 0 Å². The lowest BCUT2D eigenvalue weighted by atomic mass is 10.0. The number of hydrogen-bond donors (Lipinski definition) is 0. The van der Waals surface area contributed by atoms with Crippen LogP contribution in [0.15, 0.2) is 0 Å². The molecule has 0 radical (unpaired) electrons. The van der Waals surface area contributed by atoms with E-state index < -0.39 is 26.5 Å². The average Bonchev–Trinajstić information content (AvgIpc) is 4.08. The lowest BCUT2D eigenvalue weighted by molar-refractivity contribution is -0.870. The lowest BCUT2D eigenvalue weighted by Gasteiger charge is -2.28. The topological polar surface area (TPSA) is 111 Å². The molecule has 0 saturated heterocycles. The Morgan fingerprint density at radius 1 is 0.579 bits per heavy atom. The molecule has 6 atom stereocenters. The Hall–Kier alpha value is -0.990. The number of carbonyl (C=O) groups is 2. The van der Waals surface area contributed by atoms with Gasteiger partial charge in [-0.2, -0.15) is 0 Å². The first-order valence-corrected chi connectivity index (χ1v) is 25.1. The van der Waals surface area contributed by atoms with Gasteiger partial charge in [-0.3, -0.25) is 14.2 Å². The summed E-state index contributed by atoms with van der Waals surface area (Å²) in [5, 5.41) is 0. The number of phosphoric ester groups is 1. The molecule has 0 aromatic rings. The first-order chi connectivity index (χ1) is 26.9. The fourth-order valence-corrected chi connectivity index (χ4v) is 8.81. The van der Waals surface area contributed by atoms with Gasteiger partial charge in [-0.25, -0.2) is 0 Å². The molecular formula is C47H92NO8P. The van der Waals surface area contributed by atoms with Crippen molar-refractivity contribution >= 4 is 19.8 Å². The summed E-state index contributed by atoms with van der Waals surface area (Å²) in [7, 11) is 1.19. The van der Waals surface area contributed by atoms with Crippen molar-refractivity contribution in [2.24, 2.45) is 23.7 Å². The summed E-state index contributed by atoms with van der Waals surface area (Å²) in [6.07, 6.45) is 35.0. The first-order valence-electron chi connectivity index (χ1n) is 23.7. The first kappa shape index (κ1) is 54.0. The summed E-state index contributed by atoms with van der Waals surface area (Å²) in [4.78, 5) is 37.7. The molecule has 0 N–H and O–H groups in total. The minimum Gasteiger partial charge on any atom is -0.756 e. The summed E-state index contributed by atoms with van der Waals surface area (Å²) >= 11 is 0. The molecule has 0 bridgehead atoms. The van der Waals surface area contributed by atoms with Gasteiger partial charge >= 0.3 is 11.9 Å². The quantitative estimate of drug-likeness (QED) is 0.0260. The van der Waals surface area contributed by atoms with E-state index in [0.717, 1.165) is 55.8 Å². The minimum absolute atomic E-state index is 0. The number of carbonyl (C=O) groups excluding carboxylic acids is 2. The van der Waals surface area contributed by atoms with Crippen LogP contribution in [0.5, 0.6) is 0 Å². The SMILES string of the molecule is C.CCCCCCCCC1CC1CCCCCCCC(=O)OCC(COP(=O)([O-])OCC[N+](C)(C)C)OC(=O)CCCCCCCC1CC1CCCCCCCC. The van der Waals surface area contributed by atoms with Crippen LogP contribution >= 0.6 is 7.82 Å². The maximum Gasteiger partial charge on any atom is 0.306 e. The van der Waals surface area contributed by atoms with Gasteiger partial charge in [0.25, 0.3) is 7.82 Å². The molecule has 0 aliphatic heterocycles. The molecule has 57 heavy (non-hydrogen) atoms. The van der Waals surface area contributed by atoms with Gasteiger partial charge in [0.15, 0.2) is 6.10 Å². The highest BCUT2D eigenvalue weighted by Gasteiger charge is 2.35. The predicted octanol–water partition coefficient (Wildman–Crippen LogP) is 12.5. The third-order valence-electron chi connectivity index (χ3n) is 12.1. The van der Waals surface area contributed by atoms with E-state index in [1.165, 1.54) is 141 Å². The van der Waals surface area contributed by atoms with E-state index in [2.05, 4.69) is 13.8 Å². The van der Waals surface area contributed by atoms with Gasteiger partial charge < -0.3 is 27.9 Å². The maximum atomic E-state index is 12.7. The second-order valence-electron chi connectivity index (χ2n) is 18.6. The van der Waals surface area contributed by atoms with E-state index in [9.17, 15) is 19.0 Å². The predicted molar refractivity (Wildman–Crippen MR) is 234 cm³/mol. The number of rotatable bonds is 40. The van der Waals surface area contributed by atoms with E-state index >= 15 is 0 Å². The van der Waals surface area contributed by atoms with Gasteiger partial charge in [-0.1, -0.05) is 175 Å². The van der Waals surface area contributed by atoms with Gasteiger partial charge in [0.2, 0.25) is 0 Å². The molecule has 2 aliphatic carbocycles. The van der Waals surface area contributed by atoms with Gasteiger partial charge in [-0.05, 0) is 49.4 Å². The number of quaternary nitrogens is 1. The van der Waals surface area contributed by atoms with Crippen molar-refractivity contribution in [2.75, 3.05) is 47.5 Å². The van der Waals surface area contributed by atoms with Crippen LogP contribution in [0.2, 0.25) is 0 Å². The van der Waals surface area contributed by atoms with Crippen molar-refractivity contribution in [3.05, 3.63) is 0 Å². The number of unbranched alkanes of at least 4 members (excludes halogenated alkanes) is 18. The number of hydrogen-bond acceptors (Lipinski definition) is 8. The van der Waals surface area contributed by atoms with Crippen molar-refractivity contribution in [1.29, 1.82) is 0 Å². The van der Waals surface area contributed by atoms with Crippen molar-refractivity contribution in [3.8, 4) is 0 Å². The molecule has 2 fully saturated rings. The Kier molecular flexibility index (Phi) is 31.0. The zero-order valence-corrected chi connectivity index (χ0v) is 38.0. The molecule has 6 unspecified atom stereocenters. The summed E-state index contributed by atoms with van der Waals surface area (Å²) in [6, 6.07) is 0. The Labute approximate surface area is 352 Å². The molecule has 0 spiro atoms. The average molecular weight is 830 g/mol. The maximum absolute atomic E-state index is 12.7. The van der Waals surface area contributed by atoms with E-state index in [0.29, 0.717) is 23.9 Å². The van der Waals surface area contributed by atoms with Crippen LogP contribution in [0.4, 0.5) is 0 Å². The van der Waals surface area contributed by atoms with Gasteiger partial charge in [0.1, 0.15) is 19.8 Å². The van der Waals surface area contributed by atoms with Crippen LogP contribution in [0.1, 0.15) is 214 Å². The Morgan fingerprint density at radius 2 is 0.965 bits per heavy atom. The van der Waals surface area contributed by atoms with E-state index in [4.69, 9.17) is 18.5 Å². The van der Waals surface area contributed by atoms with Gasteiger partial charge in [0, 0.05) is 12.8 Å².